The second kappa shape index (κ2) is 32.5. The van der Waals surface area contributed by atoms with Crippen LogP contribution in [0.4, 0.5) is 0 Å². The molecule has 1 aromatic heterocycles. The van der Waals surface area contributed by atoms with Crippen molar-refractivity contribution in [3.63, 3.8) is 0 Å². The predicted molar refractivity (Wildman–Crippen MR) is 233 cm³/mol. The monoisotopic (exact) mass is 935 g/mol. The number of ether oxygens (including phenoxy) is 5. The zero-order chi connectivity index (χ0) is 47.0. The maximum atomic E-state index is 13.0. The van der Waals surface area contributed by atoms with Crippen LogP contribution in [0.15, 0.2) is 41.6 Å². The summed E-state index contributed by atoms with van der Waals surface area (Å²) >= 11 is 0. The van der Waals surface area contributed by atoms with Gasteiger partial charge in [0.15, 0.2) is 9.84 Å². The Morgan fingerprint density at radius 1 is 0.631 bits per heavy atom. The average molecular weight is 936 g/mol. The number of imide groups is 1. The summed E-state index contributed by atoms with van der Waals surface area (Å²) in [5.74, 6) is -3.35. The first-order chi connectivity index (χ1) is 31.4. The molecule has 3 N–H and O–H groups in total. The molecule has 0 spiro atoms. The molecule has 0 bridgehead atoms. The minimum Gasteiger partial charge on any atom is -0.494 e. The maximum Gasteiger partial charge on any atom is 0.358 e. The number of unbranched alkanes of at least 4 members (excludes halogenated alkanes) is 12. The number of hydroxylamine groups is 2. The van der Waals surface area contributed by atoms with Crippen molar-refractivity contribution in [2.24, 2.45) is 0 Å². The van der Waals surface area contributed by atoms with Gasteiger partial charge in [0.05, 0.1) is 56.7 Å². The molecule has 4 amide bonds. The Labute approximate surface area is 380 Å². The third-order valence-corrected chi connectivity index (χ3v) is 11.4. The van der Waals surface area contributed by atoms with E-state index in [4.69, 9.17) is 28.8 Å². The lowest BCUT2D eigenvalue weighted by atomic mass is 10.0. The van der Waals surface area contributed by atoms with E-state index in [0.29, 0.717) is 17.4 Å². The summed E-state index contributed by atoms with van der Waals surface area (Å²) in [5, 5.41) is 14.4. The number of carbonyl (C=O) groups excluding carboxylic acids is 5. The van der Waals surface area contributed by atoms with E-state index in [1.165, 1.54) is 69.5 Å². The molecule has 0 unspecified atom stereocenters. The normalized spacial score (nSPS) is 12.6. The lowest BCUT2D eigenvalue weighted by Gasteiger charge is -2.12. The van der Waals surface area contributed by atoms with Crippen LogP contribution in [-0.2, 0) is 63.3 Å². The number of amides is 4. The Balaban J connectivity index is 1.13. The quantitative estimate of drug-likeness (QED) is 0.0637. The molecule has 65 heavy (non-hydrogen) atoms. The summed E-state index contributed by atoms with van der Waals surface area (Å²) in [7, 11) is -3.75. The third kappa shape index (κ3) is 24.7. The van der Waals surface area contributed by atoms with Gasteiger partial charge < -0.3 is 44.3 Å². The first-order valence-corrected chi connectivity index (χ1v) is 24.0. The molecule has 1 saturated heterocycles. The molecule has 0 atom stereocenters. The van der Waals surface area contributed by atoms with Gasteiger partial charge in [0.1, 0.15) is 30.5 Å². The second-order valence-electron chi connectivity index (χ2n) is 15.2. The van der Waals surface area contributed by atoms with E-state index < -0.39 is 51.9 Å². The molecular formula is C44H65N5O15S. The molecule has 362 valence electrons. The number of nitrogens with zero attached hydrogens (tertiary/aromatic N) is 3. The molecule has 21 heteroatoms. The minimum absolute atomic E-state index is 0.00156. The van der Waals surface area contributed by atoms with Crippen LogP contribution in [0.2, 0.25) is 0 Å². The number of hydrogen-bond donors (Lipinski definition) is 3. The largest absolute Gasteiger partial charge is 0.494 e. The van der Waals surface area contributed by atoms with Crippen LogP contribution in [0.1, 0.15) is 119 Å². The van der Waals surface area contributed by atoms with Gasteiger partial charge in [0.25, 0.3) is 17.7 Å². The molecule has 1 aliphatic heterocycles. The van der Waals surface area contributed by atoms with Crippen LogP contribution in [0.25, 0.3) is 0 Å². The van der Waals surface area contributed by atoms with E-state index in [9.17, 15) is 37.2 Å². The highest BCUT2D eigenvalue weighted by atomic mass is 32.2. The third-order valence-electron chi connectivity index (χ3n) is 9.77. The predicted octanol–water partition coefficient (Wildman–Crippen LogP) is 3.89. The number of carboxylic acid groups (broad SMARTS) is 1. The van der Waals surface area contributed by atoms with Gasteiger partial charge in [-0.25, -0.2) is 23.2 Å². The lowest BCUT2D eigenvalue weighted by molar-refractivity contribution is -0.200. The molecule has 20 nitrogen and oxygen atoms in total. The van der Waals surface area contributed by atoms with Crippen LogP contribution in [0.5, 0.6) is 5.75 Å². The number of aromatic nitrogens is 2. The number of nitrogens with one attached hydrogen (secondary N) is 2. The van der Waals surface area contributed by atoms with E-state index in [0.717, 1.165) is 38.5 Å². The smallest absolute Gasteiger partial charge is 0.358 e. The van der Waals surface area contributed by atoms with Crippen LogP contribution in [-0.4, -0.2) is 137 Å². The molecule has 1 fully saturated rings. The van der Waals surface area contributed by atoms with Gasteiger partial charge >= 0.3 is 11.9 Å². The summed E-state index contributed by atoms with van der Waals surface area (Å²) in [6, 6.07) is 6.27. The zero-order valence-electron chi connectivity index (χ0n) is 37.2. The number of aliphatic carboxylic acids is 1. The van der Waals surface area contributed by atoms with Crippen molar-refractivity contribution in [1.29, 1.82) is 0 Å². The number of hydrogen-bond acceptors (Lipinski definition) is 16. The minimum atomic E-state index is -3.75. The highest BCUT2D eigenvalue weighted by Crippen LogP contribution is 2.20. The molecule has 3 rings (SSSR count). The molecule has 0 aliphatic carbocycles. The summed E-state index contributed by atoms with van der Waals surface area (Å²) in [4.78, 5) is 82.4. The molecule has 1 aromatic carbocycles. The molecular weight excluding hydrogens is 871 g/mol. The molecule has 2 heterocycles. The highest BCUT2D eigenvalue weighted by Gasteiger charge is 2.32. The van der Waals surface area contributed by atoms with Crippen LogP contribution in [0.3, 0.4) is 0 Å². The number of benzene rings is 1. The Morgan fingerprint density at radius 3 is 1.71 bits per heavy atom. The van der Waals surface area contributed by atoms with Gasteiger partial charge in [-0.1, -0.05) is 70.6 Å². The number of carboxylic acids is 1. The fraction of sp³-hybridized carbons (Fsp3) is 0.636. The van der Waals surface area contributed by atoms with Crippen LogP contribution < -0.4 is 15.4 Å². The molecule has 0 radical (unpaired) electrons. The fourth-order valence-corrected chi connectivity index (χ4v) is 7.46. The topological polar surface area (TPSA) is 265 Å². The van der Waals surface area contributed by atoms with Gasteiger partial charge in [0, 0.05) is 44.7 Å². The van der Waals surface area contributed by atoms with Crippen molar-refractivity contribution >= 4 is 45.4 Å². The first kappa shape index (κ1) is 54.2. The molecule has 0 saturated carbocycles. The van der Waals surface area contributed by atoms with Crippen LogP contribution in [0, 0.1) is 0 Å². The van der Waals surface area contributed by atoms with E-state index in [1.54, 1.807) is 12.1 Å². The van der Waals surface area contributed by atoms with Gasteiger partial charge in [-0.05, 0) is 37.1 Å². The summed E-state index contributed by atoms with van der Waals surface area (Å²) < 4.78 is 52.9. The second-order valence-corrected chi connectivity index (χ2v) is 17.2. The van der Waals surface area contributed by atoms with Crippen molar-refractivity contribution in [1.82, 2.24) is 25.7 Å². The Kier molecular flexibility index (Phi) is 27.2. The Hall–Kier alpha value is -5.09. The van der Waals surface area contributed by atoms with Gasteiger partial charge in [-0.3, -0.25) is 24.0 Å². The van der Waals surface area contributed by atoms with E-state index in [2.05, 4.69) is 25.4 Å². The molecule has 2 aromatic rings. The SMILES string of the molecule is O=C(O)CCCCCCCCCCCCCCCOc1ccc(S(=O)(=O)Cc2ncc(C(=O)NCCOCCOCC(=O)NCCOCCOCC(=O)ON3C(=O)CCC3=O)cn2)cc1. The Morgan fingerprint density at radius 2 is 1.14 bits per heavy atom. The van der Waals surface area contributed by atoms with Crippen molar-refractivity contribution < 1.29 is 70.8 Å². The molecule has 1 aliphatic rings. The zero-order valence-corrected chi connectivity index (χ0v) is 38.0. The van der Waals surface area contributed by atoms with E-state index in [-0.39, 0.29) is 101 Å². The summed E-state index contributed by atoms with van der Waals surface area (Å²) in [6.45, 7) is 1.14. The van der Waals surface area contributed by atoms with Crippen molar-refractivity contribution in [2.75, 3.05) is 72.6 Å². The van der Waals surface area contributed by atoms with E-state index in [1.807, 2.05) is 0 Å². The summed E-state index contributed by atoms with van der Waals surface area (Å²) in [5.41, 5.74) is 0.154. The van der Waals surface area contributed by atoms with Crippen molar-refractivity contribution in [3.05, 3.63) is 48.0 Å². The lowest BCUT2D eigenvalue weighted by Crippen LogP contribution is -2.33. The fourth-order valence-electron chi connectivity index (χ4n) is 6.25. The van der Waals surface area contributed by atoms with Gasteiger partial charge in [-0.2, -0.15) is 0 Å². The van der Waals surface area contributed by atoms with Gasteiger partial charge in [0.2, 0.25) is 5.91 Å². The first-order valence-electron chi connectivity index (χ1n) is 22.4. The number of sulfone groups is 1. The number of carbonyl (C=O) groups is 6. The average Bonchev–Trinajstić information content (AvgIpc) is 3.60. The van der Waals surface area contributed by atoms with E-state index >= 15 is 0 Å². The maximum absolute atomic E-state index is 13.0. The van der Waals surface area contributed by atoms with Gasteiger partial charge in [-0.15, -0.1) is 5.06 Å². The number of rotatable bonds is 38. The van der Waals surface area contributed by atoms with Crippen LogP contribution >= 0.6 is 0 Å². The van der Waals surface area contributed by atoms with Crippen molar-refractivity contribution in [3.8, 4) is 5.75 Å². The Bertz CT molecular complexity index is 1830. The standard InChI is InChI=1S/C44H65N5O15S/c50-39(45-21-24-59-27-29-62-33-43(55)64-49-40(51)19-20-41(49)52)32-61-28-26-60-25-22-46-44(56)35-30-47-38(48-31-35)34-65(57,58)37-17-15-36(16-18-37)63-23-13-11-9-7-5-3-1-2-4-6-8-10-12-14-42(53)54/h15-18,30-31H,1-14,19-29,32-34H2,(H,45,50)(H,46,56)(H,53,54). The summed E-state index contributed by atoms with van der Waals surface area (Å²) in [6.07, 6.45) is 17.4. The van der Waals surface area contributed by atoms with Crippen molar-refractivity contribution in [2.45, 2.75) is 113 Å². The highest BCUT2D eigenvalue weighted by molar-refractivity contribution is 7.90.